The molecule has 0 unspecified atom stereocenters. The van der Waals surface area contributed by atoms with Crippen molar-refractivity contribution in [2.24, 2.45) is 0 Å². The summed E-state index contributed by atoms with van der Waals surface area (Å²) >= 11 is 5.78. The van der Waals surface area contributed by atoms with Crippen molar-refractivity contribution >= 4 is 40.0 Å². The van der Waals surface area contributed by atoms with Gasteiger partial charge in [-0.05, 0) is 36.4 Å². The van der Waals surface area contributed by atoms with Crippen molar-refractivity contribution in [3.05, 3.63) is 71.4 Å². The van der Waals surface area contributed by atoms with Crippen LogP contribution in [0.3, 0.4) is 0 Å². The molecule has 1 heterocycles. The zero-order valence-electron chi connectivity index (χ0n) is 12.6. The van der Waals surface area contributed by atoms with Crippen LogP contribution >= 0.6 is 11.6 Å². The minimum Gasteiger partial charge on any atom is -0.343 e. The summed E-state index contributed by atoms with van der Waals surface area (Å²) in [6.45, 7) is -0.134. The molecule has 5 nitrogen and oxygen atoms in total. The fourth-order valence-corrected chi connectivity index (χ4v) is 2.39. The summed E-state index contributed by atoms with van der Waals surface area (Å²) in [4.78, 5) is 28.3. The average molecular weight is 340 g/mol. The van der Waals surface area contributed by atoms with Crippen LogP contribution in [0.15, 0.2) is 60.8 Å². The van der Waals surface area contributed by atoms with Crippen molar-refractivity contribution in [1.29, 1.82) is 0 Å². The standard InChI is InChI=1S/C18H14ClN3O2/c19-14-8-6-13(7-9-14)18(24)21-11-16(23)22-15-5-1-3-12-4-2-10-20-17(12)15/h1-10H,11H2,(H,21,24)(H,22,23). The molecule has 1 aromatic heterocycles. The van der Waals surface area contributed by atoms with Crippen LogP contribution in [0, 0.1) is 0 Å². The molecule has 2 N–H and O–H groups in total. The SMILES string of the molecule is O=C(CNC(=O)c1ccc(Cl)cc1)Nc1cccc2cccnc12. The molecule has 0 fully saturated rings. The number of hydrogen-bond acceptors (Lipinski definition) is 3. The summed E-state index contributed by atoms with van der Waals surface area (Å²) in [5, 5.41) is 6.82. The van der Waals surface area contributed by atoms with Gasteiger partial charge in [0.1, 0.15) is 0 Å². The van der Waals surface area contributed by atoms with Gasteiger partial charge in [-0.15, -0.1) is 0 Å². The highest BCUT2D eigenvalue weighted by molar-refractivity contribution is 6.30. The molecule has 3 aromatic rings. The molecule has 3 rings (SSSR count). The highest BCUT2D eigenvalue weighted by atomic mass is 35.5. The second-order valence-electron chi connectivity index (χ2n) is 5.12. The molecule has 0 spiro atoms. The second kappa shape index (κ2) is 7.10. The van der Waals surface area contributed by atoms with E-state index in [9.17, 15) is 9.59 Å². The maximum absolute atomic E-state index is 12.1. The molecule has 0 radical (unpaired) electrons. The lowest BCUT2D eigenvalue weighted by Crippen LogP contribution is -2.32. The Hall–Kier alpha value is -2.92. The predicted molar refractivity (Wildman–Crippen MR) is 94.2 cm³/mol. The molecule has 6 heteroatoms. The Morgan fingerprint density at radius 2 is 1.75 bits per heavy atom. The summed E-state index contributed by atoms with van der Waals surface area (Å²) in [5.41, 5.74) is 1.76. The van der Waals surface area contributed by atoms with E-state index in [1.54, 1.807) is 36.5 Å². The topological polar surface area (TPSA) is 71.1 Å². The molecule has 2 amide bonds. The average Bonchev–Trinajstić information content (AvgIpc) is 2.61. The Labute approximate surface area is 143 Å². The molecule has 2 aromatic carbocycles. The van der Waals surface area contributed by atoms with Gasteiger partial charge in [-0.1, -0.05) is 29.8 Å². The smallest absolute Gasteiger partial charge is 0.251 e. The Morgan fingerprint density at radius 3 is 2.54 bits per heavy atom. The van der Waals surface area contributed by atoms with Gasteiger partial charge in [0.25, 0.3) is 5.91 Å². The van der Waals surface area contributed by atoms with Gasteiger partial charge < -0.3 is 10.6 Å². The fourth-order valence-electron chi connectivity index (χ4n) is 2.26. The minimum absolute atomic E-state index is 0.134. The van der Waals surface area contributed by atoms with Crippen LogP contribution in [0.4, 0.5) is 5.69 Å². The Morgan fingerprint density at radius 1 is 1.00 bits per heavy atom. The molecule has 0 saturated heterocycles. The van der Waals surface area contributed by atoms with E-state index < -0.39 is 0 Å². The summed E-state index contributed by atoms with van der Waals surface area (Å²) < 4.78 is 0. The van der Waals surface area contributed by atoms with Gasteiger partial charge in [-0.25, -0.2) is 0 Å². The first-order chi connectivity index (χ1) is 11.6. The first-order valence-corrected chi connectivity index (χ1v) is 7.68. The van der Waals surface area contributed by atoms with Gasteiger partial charge in [0.15, 0.2) is 0 Å². The molecular formula is C18H14ClN3O2. The van der Waals surface area contributed by atoms with Crippen LogP contribution in [-0.2, 0) is 4.79 Å². The summed E-state index contributed by atoms with van der Waals surface area (Å²) in [7, 11) is 0. The van der Waals surface area contributed by atoms with Crippen molar-refractivity contribution < 1.29 is 9.59 Å². The van der Waals surface area contributed by atoms with Crippen molar-refractivity contribution in [1.82, 2.24) is 10.3 Å². The quantitative estimate of drug-likeness (QED) is 0.766. The number of amides is 2. The molecule has 0 bridgehead atoms. The third-order valence-corrected chi connectivity index (χ3v) is 3.67. The van der Waals surface area contributed by atoms with Crippen molar-refractivity contribution in [2.45, 2.75) is 0 Å². The Kier molecular flexibility index (Phi) is 4.72. The highest BCUT2D eigenvalue weighted by Gasteiger charge is 2.10. The number of pyridine rings is 1. The van der Waals surface area contributed by atoms with Crippen LogP contribution < -0.4 is 10.6 Å². The van der Waals surface area contributed by atoms with Gasteiger partial charge >= 0.3 is 0 Å². The number of nitrogens with zero attached hydrogens (tertiary/aromatic N) is 1. The third-order valence-electron chi connectivity index (χ3n) is 3.42. The summed E-state index contributed by atoms with van der Waals surface area (Å²) in [6, 6.07) is 15.7. The number of aromatic nitrogens is 1. The van der Waals surface area contributed by atoms with E-state index >= 15 is 0 Å². The van der Waals surface area contributed by atoms with E-state index in [1.807, 2.05) is 24.3 Å². The molecule has 0 atom stereocenters. The van der Waals surface area contributed by atoms with E-state index in [1.165, 1.54) is 0 Å². The van der Waals surface area contributed by atoms with Crippen molar-refractivity contribution in [2.75, 3.05) is 11.9 Å². The number of benzene rings is 2. The lowest BCUT2D eigenvalue weighted by atomic mass is 10.2. The van der Waals surface area contributed by atoms with E-state index in [0.717, 1.165) is 5.39 Å². The molecular weight excluding hydrogens is 326 g/mol. The van der Waals surface area contributed by atoms with Crippen molar-refractivity contribution in [3.8, 4) is 0 Å². The number of carbonyl (C=O) groups excluding carboxylic acids is 2. The van der Waals surface area contributed by atoms with Gasteiger partial charge in [0, 0.05) is 22.2 Å². The minimum atomic E-state index is -0.335. The predicted octanol–water partition coefficient (Wildman–Crippen LogP) is 3.26. The van der Waals surface area contributed by atoms with E-state index in [-0.39, 0.29) is 18.4 Å². The number of halogens is 1. The van der Waals surface area contributed by atoms with E-state index in [0.29, 0.717) is 21.8 Å². The number of rotatable bonds is 4. The fraction of sp³-hybridized carbons (Fsp3) is 0.0556. The van der Waals surface area contributed by atoms with Crippen LogP contribution in [0.1, 0.15) is 10.4 Å². The van der Waals surface area contributed by atoms with Gasteiger partial charge in [0.05, 0.1) is 17.7 Å². The lowest BCUT2D eigenvalue weighted by Gasteiger charge is -2.09. The molecule has 0 aliphatic heterocycles. The molecule has 0 saturated carbocycles. The Balaban J connectivity index is 1.63. The number of hydrogen-bond donors (Lipinski definition) is 2. The summed E-state index contributed by atoms with van der Waals surface area (Å²) in [5.74, 6) is -0.659. The molecule has 24 heavy (non-hydrogen) atoms. The normalized spacial score (nSPS) is 10.4. The number of para-hydroxylation sites is 1. The summed E-state index contributed by atoms with van der Waals surface area (Å²) in [6.07, 6.45) is 1.67. The molecule has 0 aliphatic carbocycles. The molecule has 0 aliphatic rings. The van der Waals surface area contributed by atoms with Crippen LogP contribution in [0.25, 0.3) is 10.9 Å². The molecule has 120 valence electrons. The highest BCUT2D eigenvalue weighted by Crippen LogP contribution is 2.20. The van der Waals surface area contributed by atoms with Gasteiger partial charge in [-0.2, -0.15) is 0 Å². The zero-order chi connectivity index (χ0) is 16.9. The lowest BCUT2D eigenvalue weighted by molar-refractivity contribution is -0.115. The first kappa shape index (κ1) is 16.0. The number of fused-ring (bicyclic) bond motifs is 1. The van der Waals surface area contributed by atoms with Crippen LogP contribution in [-0.4, -0.2) is 23.3 Å². The second-order valence-corrected chi connectivity index (χ2v) is 5.55. The zero-order valence-corrected chi connectivity index (χ0v) is 13.4. The van der Waals surface area contributed by atoms with Crippen LogP contribution in [0.5, 0.6) is 0 Å². The number of anilines is 1. The van der Waals surface area contributed by atoms with E-state index in [4.69, 9.17) is 11.6 Å². The van der Waals surface area contributed by atoms with E-state index in [2.05, 4.69) is 15.6 Å². The third kappa shape index (κ3) is 3.70. The van der Waals surface area contributed by atoms with Crippen molar-refractivity contribution in [3.63, 3.8) is 0 Å². The maximum atomic E-state index is 12.1. The van der Waals surface area contributed by atoms with Crippen LogP contribution in [0.2, 0.25) is 5.02 Å². The number of carbonyl (C=O) groups is 2. The first-order valence-electron chi connectivity index (χ1n) is 7.31. The largest absolute Gasteiger partial charge is 0.343 e. The maximum Gasteiger partial charge on any atom is 0.251 e. The van der Waals surface area contributed by atoms with Gasteiger partial charge in [-0.3, -0.25) is 14.6 Å². The van der Waals surface area contributed by atoms with Gasteiger partial charge in [0.2, 0.25) is 5.91 Å². The monoisotopic (exact) mass is 339 g/mol. The Bertz CT molecular complexity index is 889. The number of nitrogens with one attached hydrogen (secondary N) is 2.